The molecule has 0 atom stereocenters. The van der Waals surface area contributed by atoms with Gasteiger partial charge in [0.1, 0.15) is 0 Å². The Morgan fingerprint density at radius 1 is 1.44 bits per heavy atom. The number of aliphatic hydroxyl groups is 1. The van der Waals surface area contributed by atoms with Gasteiger partial charge in [-0.05, 0) is 36.5 Å². The molecule has 0 unspecified atom stereocenters. The highest BCUT2D eigenvalue weighted by Gasteiger charge is 2.18. The molecule has 1 fully saturated rings. The number of hydrogen-bond donors (Lipinski definition) is 2. The number of rotatable bonds is 5. The van der Waals surface area contributed by atoms with Crippen LogP contribution in [0.1, 0.15) is 43.2 Å². The molecule has 1 aromatic rings. The van der Waals surface area contributed by atoms with Crippen LogP contribution in [0.25, 0.3) is 0 Å². The van der Waals surface area contributed by atoms with Gasteiger partial charge in [-0.15, -0.1) is 0 Å². The second-order valence-corrected chi connectivity index (χ2v) is 5.19. The molecule has 1 amide bonds. The maximum absolute atomic E-state index is 11.8. The van der Waals surface area contributed by atoms with Crippen LogP contribution in [-0.2, 0) is 11.4 Å². The van der Waals surface area contributed by atoms with E-state index < -0.39 is 0 Å². The summed E-state index contributed by atoms with van der Waals surface area (Å²) in [4.78, 5) is 11.8. The number of amides is 1. The molecule has 98 valence electrons. The zero-order valence-corrected chi connectivity index (χ0v) is 10.9. The molecule has 0 saturated heterocycles. The van der Waals surface area contributed by atoms with Gasteiger partial charge in [-0.25, -0.2) is 0 Å². The van der Waals surface area contributed by atoms with Crippen LogP contribution in [0.5, 0.6) is 0 Å². The van der Waals surface area contributed by atoms with E-state index in [4.69, 9.17) is 5.11 Å². The Labute approximate surface area is 108 Å². The van der Waals surface area contributed by atoms with Crippen LogP contribution < -0.4 is 5.32 Å². The van der Waals surface area contributed by atoms with E-state index in [-0.39, 0.29) is 12.5 Å². The number of hydrogen-bond acceptors (Lipinski definition) is 2. The van der Waals surface area contributed by atoms with E-state index >= 15 is 0 Å². The highest BCUT2D eigenvalue weighted by atomic mass is 16.3. The second kappa shape index (κ2) is 6.01. The standard InChI is InChI=1S/C15H21NO2/c1-11-5-6-13(10-17)9-14(11)16-15(18)8-7-12-3-2-4-12/h5-6,9,12,17H,2-4,7-8,10H2,1H3,(H,16,18). The molecule has 2 N–H and O–H groups in total. The molecule has 0 spiro atoms. The van der Waals surface area contributed by atoms with E-state index in [2.05, 4.69) is 5.32 Å². The first-order valence-electron chi connectivity index (χ1n) is 6.69. The van der Waals surface area contributed by atoms with Gasteiger partial charge in [0.2, 0.25) is 5.91 Å². The van der Waals surface area contributed by atoms with Gasteiger partial charge in [0.15, 0.2) is 0 Å². The quantitative estimate of drug-likeness (QED) is 0.840. The number of carbonyl (C=O) groups is 1. The van der Waals surface area contributed by atoms with Gasteiger partial charge in [-0.3, -0.25) is 4.79 Å². The molecule has 1 aliphatic rings. The molecule has 3 heteroatoms. The van der Waals surface area contributed by atoms with Crippen molar-refractivity contribution in [3.8, 4) is 0 Å². The molecular weight excluding hydrogens is 226 g/mol. The first-order chi connectivity index (χ1) is 8.69. The van der Waals surface area contributed by atoms with Gasteiger partial charge >= 0.3 is 0 Å². The molecule has 1 aromatic carbocycles. The minimum Gasteiger partial charge on any atom is -0.392 e. The van der Waals surface area contributed by atoms with Crippen molar-refractivity contribution in [1.29, 1.82) is 0 Å². The molecule has 0 heterocycles. The Hall–Kier alpha value is -1.35. The third-order valence-electron chi connectivity index (χ3n) is 3.76. The molecular formula is C15H21NO2. The average Bonchev–Trinajstić information content (AvgIpc) is 2.30. The van der Waals surface area contributed by atoms with E-state index in [0.717, 1.165) is 29.2 Å². The average molecular weight is 247 g/mol. The summed E-state index contributed by atoms with van der Waals surface area (Å²) in [6.45, 7) is 1.97. The second-order valence-electron chi connectivity index (χ2n) is 5.19. The summed E-state index contributed by atoms with van der Waals surface area (Å²) in [7, 11) is 0. The monoisotopic (exact) mass is 247 g/mol. The fourth-order valence-electron chi connectivity index (χ4n) is 2.23. The van der Waals surface area contributed by atoms with Gasteiger partial charge < -0.3 is 10.4 Å². The van der Waals surface area contributed by atoms with Crippen LogP contribution in [0.2, 0.25) is 0 Å². The zero-order chi connectivity index (χ0) is 13.0. The summed E-state index contributed by atoms with van der Waals surface area (Å²) < 4.78 is 0. The molecule has 3 nitrogen and oxygen atoms in total. The van der Waals surface area contributed by atoms with Gasteiger partial charge in [0, 0.05) is 12.1 Å². The van der Waals surface area contributed by atoms with E-state index in [0.29, 0.717) is 6.42 Å². The first kappa shape index (κ1) is 13.1. The minimum absolute atomic E-state index is 0.00518. The summed E-state index contributed by atoms with van der Waals surface area (Å²) >= 11 is 0. The van der Waals surface area contributed by atoms with E-state index in [1.807, 2.05) is 25.1 Å². The van der Waals surface area contributed by atoms with Crippen LogP contribution in [0, 0.1) is 12.8 Å². The Morgan fingerprint density at radius 3 is 2.83 bits per heavy atom. The number of anilines is 1. The Balaban J connectivity index is 1.88. The maximum Gasteiger partial charge on any atom is 0.224 e. The van der Waals surface area contributed by atoms with Crippen LogP contribution >= 0.6 is 0 Å². The molecule has 0 radical (unpaired) electrons. The van der Waals surface area contributed by atoms with Crippen molar-refractivity contribution in [2.45, 2.75) is 45.6 Å². The number of nitrogens with one attached hydrogen (secondary N) is 1. The van der Waals surface area contributed by atoms with Gasteiger partial charge in [-0.1, -0.05) is 31.4 Å². The lowest BCUT2D eigenvalue weighted by atomic mass is 9.82. The van der Waals surface area contributed by atoms with Crippen molar-refractivity contribution in [3.05, 3.63) is 29.3 Å². The van der Waals surface area contributed by atoms with E-state index in [1.54, 1.807) is 0 Å². The fourth-order valence-corrected chi connectivity index (χ4v) is 2.23. The van der Waals surface area contributed by atoms with Crippen molar-refractivity contribution in [1.82, 2.24) is 0 Å². The van der Waals surface area contributed by atoms with Gasteiger partial charge in [0.05, 0.1) is 6.61 Å². The largest absolute Gasteiger partial charge is 0.392 e. The molecule has 0 aromatic heterocycles. The summed E-state index contributed by atoms with van der Waals surface area (Å²) in [5.74, 6) is 0.848. The van der Waals surface area contributed by atoms with Crippen molar-refractivity contribution in [2.24, 2.45) is 5.92 Å². The molecule has 2 rings (SSSR count). The Morgan fingerprint density at radius 2 is 2.22 bits per heavy atom. The molecule has 18 heavy (non-hydrogen) atoms. The molecule has 0 aliphatic heterocycles. The summed E-state index contributed by atoms with van der Waals surface area (Å²) in [5, 5.41) is 12.0. The van der Waals surface area contributed by atoms with Crippen LogP contribution in [0.4, 0.5) is 5.69 Å². The van der Waals surface area contributed by atoms with Crippen LogP contribution in [0.3, 0.4) is 0 Å². The van der Waals surface area contributed by atoms with Crippen LogP contribution in [-0.4, -0.2) is 11.0 Å². The first-order valence-corrected chi connectivity index (χ1v) is 6.69. The number of carbonyl (C=O) groups excluding carboxylic acids is 1. The van der Waals surface area contributed by atoms with Gasteiger partial charge in [-0.2, -0.15) is 0 Å². The van der Waals surface area contributed by atoms with Crippen molar-refractivity contribution in [3.63, 3.8) is 0 Å². The van der Waals surface area contributed by atoms with E-state index in [1.165, 1.54) is 19.3 Å². The normalized spacial score (nSPS) is 15.2. The smallest absolute Gasteiger partial charge is 0.224 e. The van der Waals surface area contributed by atoms with Gasteiger partial charge in [0.25, 0.3) is 0 Å². The Bertz CT molecular complexity index is 425. The number of aryl methyl sites for hydroxylation is 1. The van der Waals surface area contributed by atoms with Crippen molar-refractivity contribution >= 4 is 11.6 Å². The highest BCUT2D eigenvalue weighted by Crippen LogP contribution is 2.30. The van der Waals surface area contributed by atoms with Crippen molar-refractivity contribution < 1.29 is 9.90 Å². The highest BCUT2D eigenvalue weighted by molar-refractivity contribution is 5.91. The zero-order valence-electron chi connectivity index (χ0n) is 10.9. The molecule has 1 saturated carbocycles. The Kier molecular flexibility index (Phi) is 4.37. The lowest BCUT2D eigenvalue weighted by molar-refractivity contribution is -0.116. The summed E-state index contributed by atoms with van der Waals surface area (Å²) in [5.41, 5.74) is 2.68. The fraction of sp³-hybridized carbons (Fsp3) is 0.533. The molecule has 1 aliphatic carbocycles. The van der Waals surface area contributed by atoms with Crippen molar-refractivity contribution in [2.75, 3.05) is 5.32 Å². The lowest BCUT2D eigenvalue weighted by Crippen LogP contribution is -2.17. The third-order valence-corrected chi connectivity index (χ3v) is 3.76. The number of aliphatic hydroxyl groups excluding tert-OH is 1. The minimum atomic E-state index is 0.00518. The topological polar surface area (TPSA) is 49.3 Å². The third kappa shape index (κ3) is 3.33. The summed E-state index contributed by atoms with van der Waals surface area (Å²) in [6, 6.07) is 5.64. The lowest BCUT2D eigenvalue weighted by Gasteiger charge is -2.24. The number of benzene rings is 1. The predicted octanol–water partition coefficient (Wildman–Crippen LogP) is 3.01. The van der Waals surface area contributed by atoms with Crippen LogP contribution in [0.15, 0.2) is 18.2 Å². The molecule has 0 bridgehead atoms. The predicted molar refractivity (Wildman–Crippen MR) is 72.3 cm³/mol. The maximum atomic E-state index is 11.8. The SMILES string of the molecule is Cc1ccc(CO)cc1NC(=O)CCC1CCC1. The van der Waals surface area contributed by atoms with E-state index in [9.17, 15) is 4.79 Å². The summed E-state index contributed by atoms with van der Waals surface area (Å²) in [6.07, 6.45) is 5.50.